The van der Waals surface area contributed by atoms with Gasteiger partial charge in [0.15, 0.2) is 0 Å². The summed E-state index contributed by atoms with van der Waals surface area (Å²) in [7, 11) is 3.14. The van der Waals surface area contributed by atoms with Crippen molar-refractivity contribution in [3.8, 4) is 11.5 Å². The number of ether oxygens (including phenoxy) is 2. The molecular formula is C20H20BrN3O4. The number of methoxy groups -OCH3 is 2. The predicted octanol–water partition coefficient (Wildman–Crippen LogP) is 2.75. The minimum Gasteiger partial charge on any atom is -0.497 e. The van der Waals surface area contributed by atoms with Gasteiger partial charge in [0.1, 0.15) is 11.5 Å². The predicted molar refractivity (Wildman–Crippen MR) is 111 cm³/mol. The minimum absolute atomic E-state index is 0.196. The smallest absolute Gasteiger partial charge is 0.259 e. The maximum atomic E-state index is 11.8. The third-order valence-electron chi connectivity index (χ3n) is 3.55. The maximum Gasteiger partial charge on any atom is 0.259 e. The van der Waals surface area contributed by atoms with Gasteiger partial charge in [0, 0.05) is 16.1 Å². The SMILES string of the molecule is COc1ccc(/C=C/C(=O)NCC(=O)N/N=C\c2cc(Br)ccc2OC)cc1. The molecule has 0 fully saturated rings. The second-order valence-corrected chi connectivity index (χ2v) is 6.42. The lowest BCUT2D eigenvalue weighted by atomic mass is 10.2. The highest BCUT2D eigenvalue weighted by Crippen LogP contribution is 2.21. The van der Waals surface area contributed by atoms with E-state index in [2.05, 4.69) is 31.8 Å². The Morgan fingerprint density at radius 1 is 1.11 bits per heavy atom. The number of hydrogen-bond acceptors (Lipinski definition) is 5. The van der Waals surface area contributed by atoms with Crippen LogP contribution in [-0.2, 0) is 9.59 Å². The van der Waals surface area contributed by atoms with Gasteiger partial charge in [-0.3, -0.25) is 9.59 Å². The zero-order chi connectivity index (χ0) is 20.4. The third kappa shape index (κ3) is 6.88. The van der Waals surface area contributed by atoms with Crippen LogP contribution in [0, 0.1) is 0 Å². The fourth-order valence-electron chi connectivity index (χ4n) is 2.13. The molecule has 0 saturated heterocycles. The lowest BCUT2D eigenvalue weighted by Gasteiger charge is -2.05. The van der Waals surface area contributed by atoms with Crippen LogP contribution in [0.5, 0.6) is 11.5 Å². The molecule has 0 saturated carbocycles. The molecule has 8 heteroatoms. The Bertz CT molecular complexity index is 880. The van der Waals surface area contributed by atoms with Gasteiger partial charge in [0.05, 0.1) is 27.0 Å². The average Bonchev–Trinajstić information content (AvgIpc) is 2.71. The molecule has 28 heavy (non-hydrogen) atoms. The molecule has 0 unspecified atom stereocenters. The van der Waals surface area contributed by atoms with Gasteiger partial charge in [0.25, 0.3) is 5.91 Å². The maximum absolute atomic E-state index is 11.8. The van der Waals surface area contributed by atoms with E-state index in [-0.39, 0.29) is 12.5 Å². The molecule has 2 amide bonds. The van der Waals surface area contributed by atoms with E-state index in [0.29, 0.717) is 11.3 Å². The molecule has 0 atom stereocenters. The quantitative estimate of drug-likeness (QED) is 0.371. The van der Waals surface area contributed by atoms with Gasteiger partial charge in [-0.15, -0.1) is 0 Å². The molecule has 0 aliphatic heterocycles. The summed E-state index contributed by atoms with van der Waals surface area (Å²) >= 11 is 3.36. The lowest BCUT2D eigenvalue weighted by molar-refractivity contribution is -0.123. The summed E-state index contributed by atoms with van der Waals surface area (Å²) < 4.78 is 11.1. The number of carbonyl (C=O) groups is 2. The molecule has 2 aromatic rings. The first kappa shape index (κ1) is 21.2. The van der Waals surface area contributed by atoms with Crippen molar-refractivity contribution in [1.82, 2.24) is 10.7 Å². The zero-order valence-electron chi connectivity index (χ0n) is 15.4. The van der Waals surface area contributed by atoms with E-state index < -0.39 is 5.91 Å². The third-order valence-corrected chi connectivity index (χ3v) is 4.04. The summed E-state index contributed by atoms with van der Waals surface area (Å²) in [5, 5.41) is 6.36. The molecular weight excluding hydrogens is 426 g/mol. The van der Waals surface area contributed by atoms with Gasteiger partial charge in [-0.05, 0) is 42.0 Å². The first-order valence-corrected chi connectivity index (χ1v) is 9.06. The molecule has 0 aliphatic rings. The molecule has 0 heterocycles. The van der Waals surface area contributed by atoms with Gasteiger partial charge in [0.2, 0.25) is 5.91 Å². The molecule has 0 aliphatic carbocycles. The number of amides is 2. The second kappa shape index (κ2) is 10.9. The average molecular weight is 446 g/mol. The van der Waals surface area contributed by atoms with Crippen LogP contribution < -0.4 is 20.2 Å². The van der Waals surface area contributed by atoms with E-state index in [0.717, 1.165) is 15.8 Å². The molecule has 2 N–H and O–H groups in total. The largest absolute Gasteiger partial charge is 0.497 e. The summed E-state index contributed by atoms with van der Waals surface area (Å²) in [6.07, 6.45) is 4.46. The van der Waals surface area contributed by atoms with Crippen molar-refractivity contribution in [1.29, 1.82) is 0 Å². The van der Waals surface area contributed by atoms with Crippen molar-refractivity contribution in [2.75, 3.05) is 20.8 Å². The second-order valence-electron chi connectivity index (χ2n) is 5.50. The van der Waals surface area contributed by atoms with Crippen molar-refractivity contribution in [2.24, 2.45) is 5.10 Å². The lowest BCUT2D eigenvalue weighted by Crippen LogP contribution is -2.34. The number of nitrogens with one attached hydrogen (secondary N) is 2. The van der Waals surface area contributed by atoms with E-state index in [1.54, 1.807) is 44.6 Å². The summed E-state index contributed by atoms with van der Waals surface area (Å²) in [6.45, 7) is -0.196. The van der Waals surface area contributed by atoms with Crippen molar-refractivity contribution >= 4 is 40.0 Å². The highest BCUT2D eigenvalue weighted by molar-refractivity contribution is 9.10. The van der Waals surface area contributed by atoms with Gasteiger partial charge in [-0.25, -0.2) is 5.43 Å². The number of benzene rings is 2. The van der Waals surface area contributed by atoms with Crippen LogP contribution in [0.15, 0.2) is 58.1 Å². The van der Waals surface area contributed by atoms with Crippen LogP contribution in [0.3, 0.4) is 0 Å². The van der Waals surface area contributed by atoms with Gasteiger partial charge >= 0.3 is 0 Å². The highest BCUT2D eigenvalue weighted by Gasteiger charge is 2.03. The Balaban J connectivity index is 1.79. The fraction of sp³-hybridized carbons (Fsp3) is 0.150. The Kier molecular flexibility index (Phi) is 8.23. The van der Waals surface area contributed by atoms with Crippen LogP contribution in [0.2, 0.25) is 0 Å². The molecule has 0 bridgehead atoms. The van der Waals surface area contributed by atoms with Crippen LogP contribution >= 0.6 is 15.9 Å². The number of halogens is 1. The molecule has 2 rings (SSSR count). The Morgan fingerprint density at radius 2 is 1.86 bits per heavy atom. The van der Waals surface area contributed by atoms with Crippen molar-refractivity contribution in [2.45, 2.75) is 0 Å². The molecule has 0 aromatic heterocycles. The normalized spacial score (nSPS) is 10.8. The first-order valence-electron chi connectivity index (χ1n) is 8.27. The number of carbonyl (C=O) groups excluding carboxylic acids is 2. The Labute approximate surface area is 171 Å². The number of hydrazone groups is 1. The van der Waals surface area contributed by atoms with Crippen molar-refractivity contribution in [3.05, 3.63) is 64.1 Å². The Hall–Kier alpha value is -3.13. The minimum atomic E-state index is -0.448. The number of rotatable bonds is 8. The fourth-order valence-corrected chi connectivity index (χ4v) is 2.51. The highest BCUT2D eigenvalue weighted by atomic mass is 79.9. The van der Waals surface area contributed by atoms with Gasteiger partial charge < -0.3 is 14.8 Å². The van der Waals surface area contributed by atoms with E-state index >= 15 is 0 Å². The number of hydrogen-bond donors (Lipinski definition) is 2. The molecule has 2 aromatic carbocycles. The summed E-state index contributed by atoms with van der Waals surface area (Å²) in [4.78, 5) is 23.6. The number of nitrogens with zero attached hydrogens (tertiary/aromatic N) is 1. The van der Waals surface area contributed by atoms with Crippen molar-refractivity contribution < 1.29 is 19.1 Å². The zero-order valence-corrected chi connectivity index (χ0v) is 17.0. The molecule has 146 valence electrons. The molecule has 0 radical (unpaired) electrons. The first-order chi connectivity index (χ1) is 13.5. The van der Waals surface area contributed by atoms with Crippen molar-refractivity contribution in [3.63, 3.8) is 0 Å². The summed E-state index contributed by atoms with van der Waals surface area (Å²) in [5.74, 6) is 0.525. The van der Waals surface area contributed by atoms with E-state index in [1.807, 2.05) is 18.2 Å². The van der Waals surface area contributed by atoms with E-state index in [4.69, 9.17) is 9.47 Å². The van der Waals surface area contributed by atoms with Crippen LogP contribution in [0.25, 0.3) is 6.08 Å². The topological polar surface area (TPSA) is 89.0 Å². The van der Waals surface area contributed by atoms with Crippen LogP contribution in [-0.4, -0.2) is 38.8 Å². The Morgan fingerprint density at radius 3 is 2.54 bits per heavy atom. The standard InChI is InChI=1S/C20H20BrN3O4/c1-27-17-7-3-14(4-8-17)5-10-19(25)22-13-20(26)24-23-12-15-11-16(21)6-9-18(15)28-2/h3-12H,13H2,1-2H3,(H,22,25)(H,24,26)/b10-5+,23-12-. The summed E-state index contributed by atoms with van der Waals surface area (Å²) in [6, 6.07) is 12.7. The molecule has 0 spiro atoms. The van der Waals surface area contributed by atoms with Gasteiger partial charge in [-0.1, -0.05) is 28.1 Å². The van der Waals surface area contributed by atoms with Gasteiger partial charge in [-0.2, -0.15) is 5.10 Å². The van der Waals surface area contributed by atoms with E-state index in [1.165, 1.54) is 12.3 Å². The van der Waals surface area contributed by atoms with Crippen LogP contribution in [0.1, 0.15) is 11.1 Å². The molecule has 7 nitrogen and oxygen atoms in total. The van der Waals surface area contributed by atoms with E-state index in [9.17, 15) is 9.59 Å². The summed E-state index contributed by atoms with van der Waals surface area (Å²) in [5.41, 5.74) is 3.89. The van der Waals surface area contributed by atoms with Crippen LogP contribution in [0.4, 0.5) is 0 Å². The monoisotopic (exact) mass is 445 g/mol.